The number of carbonyl (C=O) groups excluding carboxylic acids is 1. The maximum absolute atomic E-state index is 13.2. The van der Waals surface area contributed by atoms with E-state index < -0.39 is 5.97 Å². The van der Waals surface area contributed by atoms with Gasteiger partial charge in [-0.05, 0) is 43.2 Å². The third kappa shape index (κ3) is 2.74. The predicted octanol–water partition coefficient (Wildman–Crippen LogP) is 3.41. The monoisotopic (exact) mass is 390 g/mol. The average molecular weight is 390 g/mol. The number of aromatic amines is 1. The molecule has 146 valence electrons. The van der Waals surface area contributed by atoms with Crippen LogP contribution >= 0.6 is 0 Å². The Hall–Kier alpha value is -3.74. The molecule has 1 amide bonds. The van der Waals surface area contributed by atoms with Crippen LogP contribution < -0.4 is 9.47 Å². The normalized spacial score (nSPS) is 17.6. The van der Waals surface area contributed by atoms with Gasteiger partial charge in [0.15, 0.2) is 11.5 Å². The standard InChI is InChI=1S/C22H18N2O5/c1-12-8-15-14-4-2-3-5-17(14)23-20(15)16(22(26)27)10-24(12)21(25)13-6-7-18-19(9-13)29-11-28-18/h2-7,9-10,12,23H,8,11H2,1H3,(H,26,27). The maximum atomic E-state index is 13.2. The number of carbonyl (C=O) groups is 2. The van der Waals surface area contributed by atoms with Crippen LogP contribution in [0, 0.1) is 0 Å². The molecule has 0 saturated carbocycles. The van der Waals surface area contributed by atoms with E-state index in [1.54, 1.807) is 18.2 Å². The number of carboxylic acid groups (broad SMARTS) is 1. The Morgan fingerprint density at radius 1 is 1.14 bits per heavy atom. The summed E-state index contributed by atoms with van der Waals surface area (Å²) in [6, 6.07) is 12.5. The van der Waals surface area contributed by atoms with Crippen molar-refractivity contribution in [2.45, 2.75) is 19.4 Å². The predicted molar refractivity (Wildman–Crippen MR) is 106 cm³/mol. The Bertz CT molecular complexity index is 1190. The van der Waals surface area contributed by atoms with Crippen LogP contribution in [-0.4, -0.2) is 39.7 Å². The molecule has 0 radical (unpaired) electrons. The van der Waals surface area contributed by atoms with E-state index in [2.05, 4.69) is 4.98 Å². The second-order valence-corrected chi connectivity index (χ2v) is 7.21. The van der Waals surface area contributed by atoms with Crippen molar-refractivity contribution in [3.8, 4) is 11.5 Å². The first-order valence-electron chi connectivity index (χ1n) is 9.30. The Morgan fingerprint density at radius 2 is 1.93 bits per heavy atom. The van der Waals surface area contributed by atoms with Gasteiger partial charge in [0.1, 0.15) is 0 Å². The summed E-state index contributed by atoms with van der Waals surface area (Å²) in [6.45, 7) is 2.04. The molecule has 2 aliphatic rings. The molecule has 5 rings (SSSR count). The summed E-state index contributed by atoms with van der Waals surface area (Å²) >= 11 is 0. The van der Waals surface area contributed by atoms with Gasteiger partial charge >= 0.3 is 5.97 Å². The van der Waals surface area contributed by atoms with Crippen LogP contribution in [0.15, 0.2) is 48.7 Å². The van der Waals surface area contributed by atoms with Crippen LogP contribution in [0.3, 0.4) is 0 Å². The van der Waals surface area contributed by atoms with Crippen molar-refractivity contribution in [1.82, 2.24) is 9.88 Å². The highest BCUT2D eigenvalue weighted by Gasteiger charge is 2.31. The van der Waals surface area contributed by atoms with E-state index in [0.717, 1.165) is 16.5 Å². The molecule has 2 N–H and O–H groups in total. The second kappa shape index (κ2) is 6.41. The highest BCUT2D eigenvalue weighted by Crippen LogP contribution is 2.35. The van der Waals surface area contributed by atoms with E-state index >= 15 is 0 Å². The molecule has 0 saturated heterocycles. The molecule has 0 bridgehead atoms. The number of hydrogen-bond acceptors (Lipinski definition) is 4. The Balaban J connectivity index is 1.60. The smallest absolute Gasteiger partial charge is 0.339 e. The summed E-state index contributed by atoms with van der Waals surface area (Å²) in [6.07, 6.45) is 1.96. The number of carboxylic acids is 1. The summed E-state index contributed by atoms with van der Waals surface area (Å²) in [4.78, 5) is 30.0. The molecule has 0 aliphatic carbocycles. The van der Waals surface area contributed by atoms with Crippen LogP contribution in [0.1, 0.15) is 28.5 Å². The number of nitrogens with zero attached hydrogens (tertiary/aromatic N) is 1. The third-order valence-electron chi connectivity index (χ3n) is 5.41. The van der Waals surface area contributed by atoms with Gasteiger partial charge in [-0.3, -0.25) is 4.79 Å². The molecule has 7 heteroatoms. The zero-order valence-electron chi connectivity index (χ0n) is 15.6. The summed E-state index contributed by atoms with van der Waals surface area (Å²) < 4.78 is 10.7. The van der Waals surface area contributed by atoms with E-state index in [1.807, 2.05) is 31.2 Å². The molecule has 1 atom stereocenters. The molecule has 0 spiro atoms. The zero-order valence-corrected chi connectivity index (χ0v) is 15.6. The van der Waals surface area contributed by atoms with Crippen LogP contribution in [0.4, 0.5) is 0 Å². The molecule has 7 nitrogen and oxygen atoms in total. The van der Waals surface area contributed by atoms with Gasteiger partial charge in [0.2, 0.25) is 6.79 Å². The van der Waals surface area contributed by atoms with Crippen molar-refractivity contribution in [2.75, 3.05) is 6.79 Å². The van der Waals surface area contributed by atoms with Crippen molar-refractivity contribution in [1.29, 1.82) is 0 Å². The third-order valence-corrected chi connectivity index (χ3v) is 5.41. The molecule has 2 aliphatic heterocycles. The quantitative estimate of drug-likeness (QED) is 0.700. The number of rotatable bonds is 2. The summed E-state index contributed by atoms with van der Waals surface area (Å²) in [5.41, 5.74) is 2.81. The highest BCUT2D eigenvalue weighted by atomic mass is 16.7. The highest BCUT2D eigenvalue weighted by molar-refractivity contribution is 6.17. The number of amides is 1. The van der Waals surface area contributed by atoms with E-state index in [-0.39, 0.29) is 24.3 Å². The maximum Gasteiger partial charge on any atom is 0.339 e. The lowest BCUT2D eigenvalue weighted by Gasteiger charge is -2.25. The first kappa shape index (κ1) is 17.4. The second-order valence-electron chi connectivity index (χ2n) is 7.21. The van der Waals surface area contributed by atoms with Gasteiger partial charge in [0.05, 0.1) is 11.3 Å². The van der Waals surface area contributed by atoms with E-state index in [0.29, 0.717) is 29.2 Å². The lowest BCUT2D eigenvalue weighted by atomic mass is 10.0. The summed E-state index contributed by atoms with van der Waals surface area (Å²) in [7, 11) is 0. The Morgan fingerprint density at radius 3 is 2.76 bits per heavy atom. The molecule has 3 heterocycles. The lowest BCUT2D eigenvalue weighted by Crippen LogP contribution is -2.35. The number of fused-ring (bicyclic) bond motifs is 4. The summed E-state index contributed by atoms with van der Waals surface area (Å²) in [5, 5.41) is 10.8. The van der Waals surface area contributed by atoms with Crippen LogP contribution in [0.5, 0.6) is 11.5 Å². The van der Waals surface area contributed by atoms with E-state index in [9.17, 15) is 14.7 Å². The van der Waals surface area contributed by atoms with Gasteiger partial charge < -0.3 is 24.5 Å². The summed E-state index contributed by atoms with van der Waals surface area (Å²) in [5.74, 6) is -0.273. The van der Waals surface area contributed by atoms with Gasteiger partial charge in [-0.1, -0.05) is 18.2 Å². The van der Waals surface area contributed by atoms with Crippen LogP contribution in [-0.2, 0) is 11.2 Å². The molecular formula is C22H18N2O5. The topological polar surface area (TPSA) is 91.9 Å². The van der Waals surface area contributed by atoms with Crippen molar-refractivity contribution in [3.63, 3.8) is 0 Å². The van der Waals surface area contributed by atoms with Gasteiger partial charge in [-0.25, -0.2) is 4.79 Å². The Kier molecular flexibility index (Phi) is 3.84. The number of benzene rings is 2. The molecule has 2 aromatic carbocycles. The van der Waals surface area contributed by atoms with Crippen LogP contribution in [0.2, 0.25) is 0 Å². The minimum Gasteiger partial charge on any atom is -0.478 e. The molecule has 29 heavy (non-hydrogen) atoms. The molecule has 1 unspecified atom stereocenters. The van der Waals surface area contributed by atoms with Gasteiger partial charge in [0.25, 0.3) is 5.91 Å². The van der Waals surface area contributed by atoms with Crippen molar-refractivity contribution < 1.29 is 24.2 Å². The fourth-order valence-electron chi connectivity index (χ4n) is 3.97. The van der Waals surface area contributed by atoms with Crippen molar-refractivity contribution in [3.05, 3.63) is 65.5 Å². The first-order valence-corrected chi connectivity index (χ1v) is 9.30. The van der Waals surface area contributed by atoms with Gasteiger partial charge in [-0.15, -0.1) is 0 Å². The molecule has 3 aromatic rings. The van der Waals surface area contributed by atoms with Crippen LogP contribution in [0.25, 0.3) is 16.5 Å². The minimum absolute atomic E-state index is 0.0645. The number of nitrogens with one attached hydrogen (secondary N) is 1. The first-order chi connectivity index (χ1) is 14.0. The minimum atomic E-state index is -1.09. The largest absolute Gasteiger partial charge is 0.478 e. The zero-order chi connectivity index (χ0) is 20.1. The van der Waals surface area contributed by atoms with Crippen molar-refractivity contribution in [2.24, 2.45) is 0 Å². The number of para-hydroxylation sites is 1. The number of aliphatic carboxylic acids is 1. The average Bonchev–Trinajstić information content (AvgIpc) is 3.29. The fraction of sp³-hybridized carbons (Fsp3) is 0.182. The Labute approximate surface area is 166 Å². The van der Waals surface area contributed by atoms with Gasteiger partial charge in [0, 0.05) is 28.7 Å². The van der Waals surface area contributed by atoms with Gasteiger partial charge in [-0.2, -0.15) is 0 Å². The molecule has 0 fully saturated rings. The number of ether oxygens (including phenoxy) is 2. The number of hydrogen-bond donors (Lipinski definition) is 2. The lowest BCUT2D eigenvalue weighted by molar-refractivity contribution is -0.130. The molecule has 1 aromatic heterocycles. The molecular weight excluding hydrogens is 372 g/mol. The van der Waals surface area contributed by atoms with Crippen molar-refractivity contribution >= 4 is 28.4 Å². The SMILES string of the molecule is CC1Cc2c([nH]c3ccccc23)C(C(=O)O)=CN1C(=O)c1ccc2c(c1)OCO2. The van der Waals surface area contributed by atoms with E-state index in [4.69, 9.17) is 9.47 Å². The number of H-pyrrole nitrogens is 1. The van der Waals surface area contributed by atoms with E-state index in [1.165, 1.54) is 11.1 Å². The fourth-order valence-corrected chi connectivity index (χ4v) is 3.97. The number of aromatic nitrogens is 1.